The molecule has 0 aliphatic rings. The lowest BCUT2D eigenvalue weighted by Crippen LogP contribution is -2.34. The molecule has 21 heavy (non-hydrogen) atoms. The third-order valence-electron chi connectivity index (χ3n) is 2.87. The molecule has 0 amide bonds. The summed E-state index contributed by atoms with van der Waals surface area (Å²) in [5, 5.41) is 4.14. The molecule has 9 nitrogen and oxygen atoms in total. The maximum absolute atomic E-state index is 10.7. The van der Waals surface area contributed by atoms with Crippen LogP contribution in [0.5, 0.6) is 0 Å². The second kappa shape index (κ2) is 8.17. The third kappa shape index (κ3) is 5.87. The van der Waals surface area contributed by atoms with Gasteiger partial charge >= 0.3 is 0 Å². The first-order chi connectivity index (χ1) is 9.89. The summed E-state index contributed by atoms with van der Waals surface area (Å²) in [6.07, 6.45) is 1.76. The molecule has 0 aliphatic heterocycles. The number of rotatable bonds is 10. The molecule has 0 saturated heterocycles. The Morgan fingerprint density at radius 2 is 2.19 bits per heavy atom. The third-order valence-corrected chi connectivity index (χ3v) is 3.68. The zero-order chi connectivity index (χ0) is 15.9. The molecule has 1 rings (SSSR count). The molecule has 0 atom stereocenters. The van der Waals surface area contributed by atoms with E-state index in [0.29, 0.717) is 44.3 Å². The smallest absolute Gasteiger partial charge is 0.264 e. The van der Waals surface area contributed by atoms with Crippen LogP contribution in [-0.2, 0) is 21.4 Å². The molecule has 0 unspecified atom stereocenters. The van der Waals surface area contributed by atoms with E-state index in [1.54, 1.807) is 11.8 Å². The second-order valence-corrected chi connectivity index (χ2v) is 6.13. The number of nitrogens with zero attached hydrogens (tertiary/aromatic N) is 3. The first-order valence-corrected chi connectivity index (χ1v) is 8.20. The molecule has 0 fully saturated rings. The van der Waals surface area contributed by atoms with Crippen LogP contribution in [-0.4, -0.2) is 61.9 Å². The number of ether oxygens (including phenoxy) is 1. The minimum atomic E-state index is -3.97. The molecule has 1 aromatic rings. The molecule has 122 valence electrons. The Balaban J connectivity index is 2.81. The summed E-state index contributed by atoms with van der Waals surface area (Å²) < 4.78 is 36.9. The fraction of sp³-hybridized carbons (Fsp3) is 0.727. The molecular weight excluding hydrogens is 298 g/mol. The van der Waals surface area contributed by atoms with Crippen LogP contribution in [0, 0.1) is 0 Å². The van der Waals surface area contributed by atoms with Crippen LogP contribution in [0.15, 0.2) is 6.20 Å². The fourth-order valence-corrected chi connectivity index (χ4v) is 2.47. The maximum Gasteiger partial charge on any atom is 0.264 e. The highest BCUT2D eigenvalue weighted by Gasteiger charge is 2.16. The standard InChI is InChI=1S/C11H23N5O4S/c1-20-7-6-15(5-3-12)11-10(13)9-14-16(11)4-2-8-21(17,18)19/h9H,2-8,12-13H2,1H3,(H,17,18,19). The van der Waals surface area contributed by atoms with Gasteiger partial charge in [-0.3, -0.25) is 4.55 Å². The average molecular weight is 321 g/mol. The van der Waals surface area contributed by atoms with E-state index in [9.17, 15) is 8.42 Å². The largest absolute Gasteiger partial charge is 0.394 e. The first kappa shape index (κ1) is 17.7. The van der Waals surface area contributed by atoms with Crippen molar-refractivity contribution in [3.8, 4) is 0 Å². The van der Waals surface area contributed by atoms with E-state index in [-0.39, 0.29) is 12.2 Å². The van der Waals surface area contributed by atoms with E-state index in [1.807, 2.05) is 4.90 Å². The van der Waals surface area contributed by atoms with Gasteiger partial charge in [0.15, 0.2) is 0 Å². The molecular formula is C11H23N5O4S. The van der Waals surface area contributed by atoms with Gasteiger partial charge in [0, 0.05) is 33.3 Å². The molecule has 1 heterocycles. The number of hydrogen-bond donors (Lipinski definition) is 3. The predicted octanol–water partition coefficient (Wildman–Crippen LogP) is -0.845. The van der Waals surface area contributed by atoms with Crippen molar-refractivity contribution >= 4 is 21.6 Å². The quantitative estimate of drug-likeness (QED) is 0.474. The highest BCUT2D eigenvalue weighted by molar-refractivity contribution is 7.85. The molecule has 0 saturated carbocycles. The van der Waals surface area contributed by atoms with Crippen LogP contribution in [0.25, 0.3) is 0 Å². The van der Waals surface area contributed by atoms with Crippen LogP contribution in [0.4, 0.5) is 11.5 Å². The molecule has 0 radical (unpaired) electrons. The lowest BCUT2D eigenvalue weighted by molar-refractivity contribution is 0.205. The summed E-state index contributed by atoms with van der Waals surface area (Å²) in [5.41, 5.74) is 12.0. The highest BCUT2D eigenvalue weighted by Crippen LogP contribution is 2.22. The Morgan fingerprint density at radius 1 is 1.48 bits per heavy atom. The van der Waals surface area contributed by atoms with Crippen molar-refractivity contribution in [2.75, 3.05) is 49.7 Å². The molecule has 5 N–H and O–H groups in total. The van der Waals surface area contributed by atoms with Crippen molar-refractivity contribution in [1.29, 1.82) is 0 Å². The van der Waals surface area contributed by atoms with Crippen molar-refractivity contribution in [2.24, 2.45) is 5.73 Å². The Morgan fingerprint density at radius 3 is 2.76 bits per heavy atom. The van der Waals surface area contributed by atoms with Gasteiger partial charge in [-0.15, -0.1) is 0 Å². The Kier molecular flexibility index (Phi) is 6.89. The minimum absolute atomic E-state index is 0.244. The summed E-state index contributed by atoms with van der Waals surface area (Å²) in [5.74, 6) is 0.370. The van der Waals surface area contributed by atoms with Gasteiger partial charge in [0.1, 0.15) is 5.82 Å². The fourth-order valence-electron chi connectivity index (χ4n) is 1.98. The van der Waals surface area contributed by atoms with Crippen molar-refractivity contribution in [3.63, 3.8) is 0 Å². The van der Waals surface area contributed by atoms with Gasteiger partial charge in [0.2, 0.25) is 0 Å². The summed E-state index contributed by atoms with van der Waals surface area (Å²) in [7, 11) is -2.37. The summed E-state index contributed by atoms with van der Waals surface area (Å²) in [6, 6.07) is 0. The number of nitrogens with two attached hydrogens (primary N) is 2. The summed E-state index contributed by atoms with van der Waals surface area (Å²) in [4.78, 5) is 1.94. The topological polar surface area (TPSA) is 137 Å². The van der Waals surface area contributed by atoms with Crippen LogP contribution in [0.1, 0.15) is 6.42 Å². The maximum atomic E-state index is 10.7. The second-order valence-electron chi connectivity index (χ2n) is 4.55. The van der Waals surface area contributed by atoms with Gasteiger partial charge in [-0.25, -0.2) is 4.68 Å². The lowest BCUT2D eigenvalue weighted by atomic mass is 10.4. The van der Waals surface area contributed by atoms with Crippen molar-refractivity contribution < 1.29 is 17.7 Å². The lowest BCUT2D eigenvalue weighted by Gasteiger charge is -2.25. The van der Waals surface area contributed by atoms with Crippen LogP contribution >= 0.6 is 0 Å². The number of aromatic nitrogens is 2. The van der Waals surface area contributed by atoms with E-state index >= 15 is 0 Å². The van der Waals surface area contributed by atoms with E-state index < -0.39 is 10.1 Å². The van der Waals surface area contributed by atoms with E-state index in [1.165, 1.54) is 6.20 Å². The average Bonchev–Trinajstić information content (AvgIpc) is 2.74. The Labute approximate surface area is 124 Å². The van der Waals surface area contributed by atoms with Gasteiger partial charge in [0.25, 0.3) is 10.1 Å². The number of aryl methyl sites for hydroxylation is 1. The predicted molar refractivity (Wildman–Crippen MR) is 80.8 cm³/mol. The molecule has 10 heteroatoms. The van der Waals surface area contributed by atoms with Gasteiger partial charge in [0.05, 0.1) is 24.2 Å². The van der Waals surface area contributed by atoms with Gasteiger partial charge < -0.3 is 21.1 Å². The molecule has 0 aromatic carbocycles. The number of hydrogen-bond acceptors (Lipinski definition) is 7. The summed E-state index contributed by atoms with van der Waals surface area (Å²) in [6.45, 7) is 2.47. The van der Waals surface area contributed by atoms with Crippen LogP contribution in [0.2, 0.25) is 0 Å². The highest BCUT2D eigenvalue weighted by atomic mass is 32.2. The number of methoxy groups -OCH3 is 1. The number of anilines is 2. The Hall–Kier alpha value is -1.36. The van der Waals surface area contributed by atoms with Crippen molar-refractivity contribution in [2.45, 2.75) is 13.0 Å². The van der Waals surface area contributed by atoms with Gasteiger partial charge in [-0.05, 0) is 6.42 Å². The number of nitrogen functional groups attached to an aromatic ring is 1. The minimum Gasteiger partial charge on any atom is -0.394 e. The normalized spacial score (nSPS) is 11.8. The van der Waals surface area contributed by atoms with Crippen LogP contribution in [0.3, 0.4) is 0 Å². The van der Waals surface area contributed by atoms with Gasteiger partial charge in [-0.2, -0.15) is 13.5 Å². The molecule has 1 aromatic heterocycles. The first-order valence-electron chi connectivity index (χ1n) is 6.59. The molecule has 0 bridgehead atoms. The van der Waals surface area contributed by atoms with E-state index in [2.05, 4.69) is 5.10 Å². The SMILES string of the molecule is COCCN(CCN)c1c(N)cnn1CCCS(=O)(=O)O. The molecule has 0 aliphatic carbocycles. The van der Waals surface area contributed by atoms with Gasteiger partial charge in [-0.1, -0.05) is 0 Å². The molecule has 0 spiro atoms. The zero-order valence-electron chi connectivity index (χ0n) is 12.1. The Bertz CT molecular complexity index is 531. The van der Waals surface area contributed by atoms with Crippen molar-refractivity contribution in [3.05, 3.63) is 6.20 Å². The zero-order valence-corrected chi connectivity index (χ0v) is 12.9. The van der Waals surface area contributed by atoms with Crippen molar-refractivity contribution in [1.82, 2.24) is 9.78 Å². The monoisotopic (exact) mass is 321 g/mol. The van der Waals surface area contributed by atoms with E-state index in [0.717, 1.165) is 0 Å². The summed E-state index contributed by atoms with van der Waals surface area (Å²) >= 11 is 0. The van der Waals surface area contributed by atoms with E-state index in [4.69, 9.17) is 20.8 Å². The van der Waals surface area contributed by atoms with Crippen LogP contribution < -0.4 is 16.4 Å².